The van der Waals surface area contributed by atoms with Crippen LogP contribution in [0.25, 0.3) is 0 Å². The van der Waals surface area contributed by atoms with Gasteiger partial charge in [0.05, 0.1) is 13.2 Å². The Morgan fingerprint density at radius 1 is 1.34 bits per heavy atom. The Hall–Kier alpha value is -2.97. The van der Waals surface area contributed by atoms with Crippen molar-refractivity contribution in [1.29, 1.82) is 0 Å². The van der Waals surface area contributed by atoms with Crippen molar-refractivity contribution in [1.82, 2.24) is 5.32 Å². The number of ether oxygens (including phenoxy) is 2. The molecule has 1 aromatic carbocycles. The fraction of sp³-hybridized carbons (Fsp3) is 0.519. The van der Waals surface area contributed by atoms with Crippen LogP contribution in [0.5, 0.6) is 0 Å². The summed E-state index contributed by atoms with van der Waals surface area (Å²) in [6, 6.07) is 6.41. The Bertz CT molecular complexity index is 891. The van der Waals surface area contributed by atoms with Gasteiger partial charge in [0.15, 0.2) is 0 Å². The number of amidine groups is 1. The molecule has 1 fully saturated rings. The van der Waals surface area contributed by atoms with E-state index in [1.165, 1.54) is 5.56 Å². The molecule has 2 rings (SSSR count). The topological polar surface area (TPSA) is 105 Å². The maximum Gasteiger partial charge on any atom is 0.409 e. The van der Waals surface area contributed by atoms with Crippen LogP contribution in [0.2, 0.25) is 0 Å². The number of nitrogens with zero attached hydrogens (tertiary/aromatic N) is 2. The molecule has 0 radical (unpaired) electrons. The molecule has 0 bridgehead atoms. The second kappa shape index (κ2) is 16.6. The summed E-state index contributed by atoms with van der Waals surface area (Å²) in [5.41, 5.74) is 3.46. The van der Waals surface area contributed by atoms with E-state index in [2.05, 4.69) is 59.6 Å². The molecule has 0 aromatic heterocycles. The van der Waals surface area contributed by atoms with Gasteiger partial charge in [0.25, 0.3) is 0 Å². The van der Waals surface area contributed by atoms with Gasteiger partial charge < -0.3 is 25.2 Å². The molecule has 8 nitrogen and oxygen atoms in total. The minimum absolute atomic E-state index is 0.0212. The van der Waals surface area contributed by atoms with Crippen molar-refractivity contribution < 1.29 is 19.4 Å². The summed E-state index contributed by atoms with van der Waals surface area (Å²) in [6.45, 7) is 8.21. The number of hydrogen-bond acceptors (Lipinski definition) is 5. The van der Waals surface area contributed by atoms with E-state index in [0.29, 0.717) is 32.0 Å². The van der Waals surface area contributed by atoms with E-state index < -0.39 is 6.09 Å². The predicted octanol–water partition coefficient (Wildman–Crippen LogP) is 4.78. The van der Waals surface area contributed by atoms with Crippen LogP contribution in [-0.4, -0.2) is 56.0 Å². The minimum atomic E-state index is -0.422. The Morgan fingerprint density at radius 3 is 2.86 bits per heavy atom. The average Bonchev–Trinajstić information content (AvgIpc) is 2.83. The van der Waals surface area contributed by atoms with Gasteiger partial charge in [0, 0.05) is 31.6 Å². The van der Waals surface area contributed by atoms with Crippen molar-refractivity contribution in [2.24, 2.45) is 15.9 Å². The molecule has 1 saturated heterocycles. The average molecular weight is 485 g/mol. The molecular formula is C27H40N4O4. The standard InChI is InChI=1S/C27H40N4O4/c1-4-23-13-12-22(3)24(18-23)31-25(11-7-5-6-8-16-32)30-20-28-15-9-10-21(2)19-29-27(33)35-26-14-17-34-26/h5-8,12-13,18,20-21,26,32H,4,9-11,14-17,19H2,1-3H3,(H,29,33)(H,28,30,31)/b7-5-,8-6-. The van der Waals surface area contributed by atoms with E-state index in [1.54, 1.807) is 12.4 Å². The number of anilines is 1. The molecule has 1 amide bonds. The molecule has 35 heavy (non-hydrogen) atoms. The van der Waals surface area contributed by atoms with Gasteiger partial charge in [-0.25, -0.2) is 9.79 Å². The molecule has 192 valence electrons. The molecule has 3 N–H and O–H groups in total. The second-order valence-corrected chi connectivity index (χ2v) is 8.59. The first-order chi connectivity index (χ1) is 17.0. The van der Waals surface area contributed by atoms with Crippen molar-refractivity contribution >= 4 is 24.0 Å². The molecule has 1 aromatic rings. The number of aliphatic imine (C=N–C) groups is 2. The van der Waals surface area contributed by atoms with Gasteiger partial charge in [-0.3, -0.25) is 4.99 Å². The molecule has 1 aliphatic heterocycles. The first kappa shape index (κ1) is 28.3. The van der Waals surface area contributed by atoms with Crippen LogP contribution in [0.15, 0.2) is 52.5 Å². The Morgan fingerprint density at radius 2 is 2.14 bits per heavy atom. The molecule has 0 aliphatic carbocycles. The van der Waals surface area contributed by atoms with Crippen molar-refractivity contribution in [3.63, 3.8) is 0 Å². The van der Waals surface area contributed by atoms with Gasteiger partial charge in [-0.2, -0.15) is 0 Å². The highest BCUT2D eigenvalue weighted by Gasteiger charge is 2.22. The predicted molar refractivity (Wildman–Crippen MR) is 142 cm³/mol. The molecule has 2 unspecified atom stereocenters. The molecule has 1 aliphatic rings. The van der Waals surface area contributed by atoms with Crippen LogP contribution in [0.4, 0.5) is 10.5 Å². The number of amides is 1. The Labute approximate surface area is 209 Å². The van der Waals surface area contributed by atoms with Crippen molar-refractivity contribution in [2.45, 2.75) is 59.2 Å². The molecule has 0 saturated carbocycles. The van der Waals surface area contributed by atoms with E-state index in [0.717, 1.165) is 42.8 Å². The highest BCUT2D eigenvalue weighted by Crippen LogP contribution is 2.18. The zero-order valence-corrected chi connectivity index (χ0v) is 21.2. The molecule has 0 spiro atoms. The number of carbonyl (C=O) groups is 1. The first-order valence-electron chi connectivity index (χ1n) is 12.4. The largest absolute Gasteiger partial charge is 0.420 e. The van der Waals surface area contributed by atoms with Gasteiger partial charge in [0.2, 0.25) is 6.29 Å². The van der Waals surface area contributed by atoms with E-state index in [9.17, 15) is 4.79 Å². The Balaban J connectivity index is 1.81. The third-order valence-electron chi connectivity index (χ3n) is 5.56. The fourth-order valence-electron chi connectivity index (χ4n) is 3.24. The molecule has 2 atom stereocenters. The molecular weight excluding hydrogens is 444 g/mol. The lowest BCUT2D eigenvalue weighted by atomic mass is 10.1. The number of allylic oxidation sites excluding steroid dienone is 2. The SMILES string of the molecule is CCc1ccc(C)c(NC(C/C=C\C=C/CO)=NC=NCCCC(C)CNC(=O)OC2CCO2)c1. The van der Waals surface area contributed by atoms with Crippen LogP contribution >= 0.6 is 0 Å². The molecule has 8 heteroatoms. The number of hydrogen-bond donors (Lipinski definition) is 3. The van der Waals surface area contributed by atoms with E-state index in [1.807, 2.05) is 18.2 Å². The number of aliphatic hydroxyl groups excluding tert-OH is 1. The summed E-state index contributed by atoms with van der Waals surface area (Å²) in [7, 11) is 0. The number of alkyl carbamates (subject to hydrolysis) is 1. The van der Waals surface area contributed by atoms with Crippen LogP contribution in [0.1, 0.15) is 50.7 Å². The van der Waals surface area contributed by atoms with E-state index in [4.69, 9.17) is 14.6 Å². The van der Waals surface area contributed by atoms with Crippen molar-refractivity contribution in [2.75, 3.05) is 31.6 Å². The minimum Gasteiger partial charge on any atom is -0.420 e. The third kappa shape index (κ3) is 11.8. The summed E-state index contributed by atoms with van der Waals surface area (Å²) >= 11 is 0. The van der Waals surface area contributed by atoms with Gasteiger partial charge in [-0.15, -0.1) is 0 Å². The highest BCUT2D eigenvalue weighted by molar-refractivity contribution is 6.00. The van der Waals surface area contributed by atoms with Crippen molar-refractivity contribution in [3.8, 4) is 0 Å². The van der Waals surface area contributed by atoms with Crippen LogP contribution in [-0.2, 0) is 15.9 Å². The number of aliphatic hydroxyl groups is 1. The summed E-state index contributed by atoms with van der Waals surface area (Å²) in [6.07, 6.45) is 12.4. The summed E-state index contributed by atoms with van der Waals surface area (Å²) in [4.78, 5) is 20.7. The smallest absolute Gasteiger partial charge is 0.409 e. The Kier molecular flexibility index (Phi) is 13.4. The lowest BCUT2D eigenvalue weighted by Crippen LogP contribution is -2.37. The van der Waals surface area contributed by atoms with Crippen LogP contribution < -0.4 is 10.6 Å². The number of carbonyl (C=O) groups excluding carboxylic acids is 1. The van der Waals surface area contributed by atoms with Gasteiger partial charge in [0.1, 0.15) is 12.2 Å². The number of benzene rings is 1. The zero-order chi connectivity index (χ0) is 25.3. The summed E-state index contributed by atoms with van der Waals surface area (Å²) in [5.74, 6) is 1.12. The van der Waals surface area contributed by atoms with E-state index >= 15 is 0 Å². The zero-order valence-electron chi connectivity index (χ0n) is 21.2. The summed E-state index contributed by atoms with van der Waals surface area (Å²) < 4.78 is 10.2. The van der Waals surface area contributed by atoms with E-state index in [-0.39, 0.29) is 12.9 Å². The lowest BCUT2D eigenvalue weighted by Gasteiger charge is -2.26. The van der Waals surface area contributed by atoms with Crippen LogP contribution in [0.3, 0.4) is 0 Å². The summed E-state index contributed by atoms with van der Waals surface area (Å²) in [5, 5.41) is 15.1. The highest BCUT2D eigenvalue weighted by atomic mass is 16.7. The number of nitrogens with one attached hydrogen (secondary N) is 2. The maximum absolute atomic E-state index is 11.7. The number of rotatable bonds is 14. The fourth-order valence-corrected chi connectivity index (χ4v) is 3.24. The van der Waals surface area contributed by atoms with Crippen molar-refractivity contribution in [3.05, 3.63) is 53.6 Å². The second-order valence-electron chi connectivity index (χ2n) is 8.59. The normalized spacial score (nSPS) is 17.1. The monoisotopic (exact) mass is 484 g/mol. The third-order valence-corrected chi connectivity index (χ3v) is 5.56. The quantitative estimate of drug-likeness (QED) is 0.153. The lowest BCUT2D eigenvalue weighted by molar-refractivity contribution is -0.182. The number of aryl methyl sites for hydroxylation is 2. The molecule has 1 heterocycles. The van der Waals surface area contributed by atoms with Gasteiger partial charge in [-0.1, -0.05) is 50.3 Å². The van der Waals surface area contributed by atoms with Gasteiger partial charge >= 0.3 is 6.09 Å². The van der Waals surface area contributed by atoms with Gasteiger partial charge in [-0.05, 0) is 49.3 Å². The first-order valence-corrected chi connectivity index (χ1v) is 12.4. The maximum atomic E-state index is 11.7. The van der Waals surface area contributed by atoms with Crippen LogP contribution in [0, 0.1) is 12.8 Å².